The molecule has 0 saturated heterocycles. The van der Waals surface area contributed by atoms with E-state index in [1.54, 1.807) is 35.4 Å². The van der Waals surface area contributed by atoms with Gasteiger partial charge in [-0.2, -0.15) is 10.1 Å². The lowest BCUT2D eigenvalue weighted by molar-refractivity contribution is 0.0945. The molecule has 4 rings (SSSR count). The van der Waals surface area contributed by atoms with E-state index in [4.69, 9.17) is 4.52 Å². The van der Waals surface area contributed by atoms with Crippen LogP contribution in [0.3, 0.4) is 0 Å². The van der Waals surface area contributed by atoms with Crippen molar-refractivity contribution in [1.29, 1.82) is 0 Å². The topological polar surface area (TPSA) is 98.7 Å². The normalized spacial score (nSPS) is 10.8. The average molecular weight is 388 g/mol. The van der Waals surface area contributed by atoms with Crippen LogP contribution in [0.2, 0.25) is 0 Å². The van der Waals surface area contributed by atoms with Crippen molar-refractivity contribution in [3.05, 3.63) is 77.7 Å². The molecular weight excluding hydrogens is 368 g/mol. The predicted molar refractivity (Wildman–Crippen MR) is 106 cm³/mol. The number of amides is 1. The molecule has 146 valence electrons. The molecule has 29 heavy (non-hydrogen) atoms. The van der Waals surface area contributed by atoms with Gasteiger partial charge in [0, 0.05) is 18.0 Å². The highest BCUT2D eigenvalue weighted by molar-refractivity contribution is 5.95. The fraction of sp³-hybridized carbons (Fsp3) is 0.190. The molecule has 4 aromatic rings. The molecule has 8 nitrogen and oxygen atoms in total. The summed E-state index contributed by atoms with van der Waals surface area (Å²) in [6.07, 6.45) is 5.57. The van der Waals surface area contributed by atoms with Gasteiger partial charge in [0.1, 0.15) is 0 Å². The second kappa shape index (κ2) is 8.05. The van der Waals surface area contributed by atoms with Gasteiger partial charge in [-0.15, -0.1) is 0 Å². The quantitative estimate of drug-likeness (QED) is 0.545. The Labute approximate surface area is 167 Å². The third-order valence-corrected chi connectivity index (χ3v) is 4.53. The van der Waals surface area contributed by atoms with Gasteiger partial charge in [-0.05, 0) is 37.6 Å². The van der Waals surface area contributed by atoms with Crippen LogP contribution in [-0.4, -0.2) is 30.8 Å². The highest BCUT2D eigenvalue weighted by Gasteiger charge is 2.18. The zero-order valence-corrected chi connectivity index (χ0v) is 16.2. The van der Waals surface area contributed by atoms with Gasteiger partial charge < -0.3 is 9.84 Å². The van der Waals surface area contributed by atoms with Gasteiger partial charge >= 0.3 is 0 Å². The Kier molecular flexibility index (Phi) is 5.15. The van der Waals surface area contributed by atoms with Crippen molar-refractivity contribution in [3.8, 4) is 17.1 Å². The Bertz CT molecular complexity index is 1120. The molecule has 0 aliphatic heterocycles. The van der Waals surface area contributed by atoms with Crippen molar-refractivity contribution in [1.82, 2.24) is 30.2 Å². The zero-order valence-electron chi connectivity index (χ0n) is 16.2. The number of nitrogens with one attached hydrogen (secondary N) is 1. The maximum Gasteiger partial charge on any atom is 0.255 e. The number of aromatic nitrogens is 5. The van der Waals surface area contributed by atoms with Crippen molar-refractivity contribution in [2.75, 3.05) is 0 Å². The highest BCUT2D eigenvalue weighted by atomic mass is 16.5. The summed E-state index contributed by atoms with van der Waals surface area (Å²) in [5.41, 5.74) is 4.26. The van der Waals surface area contributed by atoms with Crippen LogP contribution < -0.4 is 5.32 Å². The molecule has 0 bridgehead atoms. The number of nitrogens with zero attached hydrogens (tertiary/aromatic N) is 5. The monoisotopic (exact) mass is 388 g/mol. The summed E-state index contributed by atoms with van der Waals surface area (Å²) in [7, 11) is 0. The van der Waals surface area contributed by atoms with E-state index in [2.05, 4.69) is 25.5 Å². The van der Waals surface area contributed by atoms with Gasteiger partial charge in [-0.3, -0.25) is 9.78 Å². The maximum absolute atomic E-state index is 12.7. The molecule has 0 aliphatic rings. The molecule has 0 radical (unpaired) electrons. The van der Waals surface area contributed by atoms with Gasteiger partial charge in [0.2, 0.25) is 11.7 Å². The molecule has 0 saturated carbocycles. The first-order valence-corrected chi connectivity index (χ1v) is 9.31. The van der Waals surface area contributed by atoms with E-state index in [0.717, 1.165) is 16.9 Å². The van der Waals surface area contributed by atoms with Gasteiger partial charge in [0.15, 0.2) is 0 Å². The Morgan fingerprint density at radius 1 is 1.14 bits per heavy atom. The van der Waals surface area contributed by atoms with Crippen LogP contribution in [0.25, 0.3) is 17.1 Å². The number of aryl methyl sites for hydroxylation is 1. The lowest BCUT2D eigenvalue weighted by Crippen LogP contribution is -2.24. The summed E-state index contributed by atoms with van der Waals surface area (Å²) in [4.78, 5) is 21.0. The first-order chi connectivity index (χ1) is 14.2. The molecule has 0 fully saturated rings. The number of carbonyl (C=O) groups excluding carboxylic acids is 1. The molecular formula is C21H20N6O2. The molecule has 1 amide bonds. The van der Waals surface area contributed by atoms with Crippen molar-refractivity contribution in [3.63, 3.8) is 0 Å². The van der Waals surface area contributed by atoms with E-state index in [-0.39, 0.29) is 12.5 Å². The van der Waals surface area contributed by atoms with Crippen molar-refractivity contribution in [2.24, 2.45) is 0 Å². The Hall–Kier alpha value is -3.81. The van der Waals surface area contributed by atoms with Crippen LogP contribution in [-0.2, 0) is 13.0 Å². The summed E-state index contributed by atoms with van der Waals surface area (Å²) < 4.78 is 7.02. The number of carbonyl (C=O) groups is 1. The number of rotatable bonds is 6. The van der Waals surface area contributed by atoms with Crippen LogP contribution in [0.5, 0.6) is 0 Å². The molecule has 0 spiro atoms. The van der Waals surface area contributed by atoms with E-state index >= 15 is 0 Å². The van der Waals surface area contributed by atoms with Crippen LogP contribution in [0.4, 0.5) is 0 Å². The summed E-state index contributed by atoms with van der Waals surface area (Å²) in [5.74, 6) is 0.552. The Morgan fingerprint density at radius 3 is 2.62 bits per heavy atom. The molecule has 0 aliphatic carbocycles. The average Bonchev–Trinajstić information content (AvgIpc) is 3.40. The minimum atomic E-state index is -0.233. The summed E-state index contributed by atoms with van der Waals surface area (Å²) in [5, 5.41) is 11.2. The molecule has 0 atom stereocenters. The lowest BCUT2D eigenvalue weighted by atomic mass is 10.1. The highest BCUT2D eigenvalue weighted by Crippen LogP contribution is 2.17. The molecule has 3 aromatic heterocycles. The number of pyridine rings is 1. The largest absolute Gasteiger partial charge is 0.343 e. The van der Waals surface area contributed by atoms with Crippen LogP contribution in [0.15, 0.2) is 59.5 Å². The number of benzene rings is 1. The van der Waals surface area contributed by atoms with Gasteiger partial charge in [-0.1, -0.05) is 29.8 Å². The summed E-state index contributed by atoms with van der Waals surface area (Å²) in [6, 6.07) is 11.6. The van der Waals surface area contributed by atoms with E-state index in [9.17, 15) is 4.79 Å². The molecule has 3 heterocycles. The fourth-order valence-corrected chi connectivity index (χ4v) is 3.01. The second-order valence-corrected chi connectivity index (χ2v) is 6.54. The maximum atomic E-state index is 12.7. The van der Waals surface area contributed by atoms with E-state index < -0.39 is 0 Å². The van der Waals surface area contributed by atoms with Crippen LogP contribution in [0.1, 0.15) is 34.4 Å². The Morgan fingerprint density at radius 2 is 1.90 bits per heavy atom. The first-order valence-electron chi connectivity index (χ1n) is 9.31. The zero-order chi connectivity index (χ0) is 20.2. The van der Waals surface area contributed by atoms with Crippen LogP contribution in [0, 0.1) is 6.92 Å². The lowest BCUT2D eigenvalue weighted by Gasteiger charge is -2.08. The van der Waals surface area contributed by atoms with E-state index in [1.807, 2.05) is 38.1 Å². The standard InChI is InChI=1S/C21H20N6O2/c1-3-18-17(12-24-27(18)16-6-4-14(2)5-7-16)21(28)23-13-19-25-20(26-29-19)15-8-10-22-11-9-15/h4-12H,3,13H2,1-2H3,(H,23,28). The van der Waals surface area contributed by atoms with Crippen molar-refractivity contribution < 1.29 is 9.32 Å². The third-order valence-electron chi connectivity index (χ3n) is 4.53. The summed E-state index contributed by atoms with van der Waals surface area (Å²) in [6.45, 7) is 4.16. The minimum Gasteiger partial charge on any atom is -0.343 e. The van der Waals surface area contributed by atoms with Gasteiger partial charge in [0.05, 0.1) is 29.7 Å². The third kappa shape index (κ3) is 3.91. The molecule has 1 aromatic carbocycles. The fourth-order valence-electron chi connectivity index (χ4n) is 3.01. The van der Waals surface area contributed by atoms with Gasteiger partial charge in [-0.25, -0.2) is 4.68 Å². The second-order valence-electron chi connectivity index (χ2n) is 6.54. The van der Waals surface area contributed by atoms with E-state index in [1.165, 1.54) is 5.56 Å². The van der Waals surface area contributed by atoms with Crippen molar-refractivity contribution in [2.45, 2.75) is 26.8 Å². The van der Waals surface area contributed by atoms with Crippen LogP contribution >= 0.6 is 0 Å². The number of hydrogen-bond acceptors (Lipinski definition) is 6. The predicted octanol–water partition coefficient (Wildman–Crippen LogP) is 3.12. The Balaban J connectivity index is 1.48. The smallest absolute Gasteiger partial charge is 0.255 e. The first kappa shape index (κ1) is 18.5. The minimum absolute atomic E-state index is 0.135. The molecule has 8 heteroatoms. The molecule has 0 unspecified atom stereocenters. The number of hydrogen-bond donors (Lipinski definition) is 1. The van der Waals surface area contributed by atoms with Crippen molar-refractivity contribution >= 4 is 5.91 Å². The van der Waals surface area contributed by atoms with E-state index in [0.29, 0.717) is 23.7 Å². The summed E-state index contributed by atoms with van der Waals surface area (Å²) >= 11 is 0. The van der Waals surface area contributed by atoms with Gasteiger partial charge in [0.25, 0.3) is 5.91 Å². The molecule has 1 N–H and O–H groups in total. The SMILES string of the molecule is CCc1c(C(=O)NCc2nc(-c3ccncc3)no2)cnn1-c1ccc(C)cc1.